The third-order valence-electron chi connectivity index (χ3n) is 2.95. The lowest BCUT2D eigenvalue weighted by atomic mass is 10.3. The largest absolute Gasteiger partial charge is 0.384 e. The van der Waals surface area contributed by atoms with Crippen molar-refractivity contribution in [1.82, 2.24) is 4.90 Å². The minimum absolute atomic E-state index is 0.247. The molecule has 1 saturated heterocycles. The summed E-state index contributed by atoms with van der Waals surface area (Å²) in [7, 11) is 0. The standard InChI is InChI=1S/C13H17ClN2O/c14-11-4-3-5-12(10-11)15-7-6-13(17)16-8-1-2-9-16/h3-5,10,15H,1-2,6-9H2. The molecule has 3 nitrogen and oxygen atoms in total. The Balaban J connectivity index is 1.73. The first-order valence-corrected chi connectivity index (χ1v) is 6.41. The number of carbonyl (C=O) groups is 1. The normalized spacial score (nSPS) is 15.0. The Bertz CT molecular complexity index is 389. The van der Waals surface area contributed by atoms with E-state index in [2.05, 4.69) is 5.32 Å². The van der Waals surface area contributed by atoms with Crippen LogP contribution in [0, 0.1) is 0 Å². The quantitative estimate of drug-likeness (QED) is 0.894. The van der Waals surface area contributed by atoms with Crippen molar-refractivity contribution in [2.24, 2.45) is 0 Å². The topological polar surface area (TPSA) is 32.3 Å². The second-order valence-electron chi connectivity index (χ2n) is 4.28. The monoisotopic (exact) mass is 252 g/mol. The molecule has 0 bridgehead atoms. The van der Waals surface area contributed by atoms with E-state index in [4.69, 9.17) is 11.6 Å². The molecule has 1 heterocycles. The third kappa shape index (κ3) is 3.63. The first kappa shape index (κ1) is 12.2. The molecule has 4 heteroatoms. The number of nitrogens with zero attached hydrogens (tertiary/aromatic N) is 1. The van der Waals surface area contributed by atoms with Crippen LogP contribution >= 0.6 is 11.6 Å². The van der Waals surface area contributed by atoms with E-state index < -0.39 is 0 Å². The SMILES string of the molecule is O=C(CCNc1cccc(Cl)c1)N1CCCC1. The van der Waals surface area contributed by atoms with E-state index in [9.17, 15) is 4.79 Å². The van der Waals surface area contributed by atoms with Crippen molar-refractivity contribution < 1.29 is 4.79 Å². The number of hydrogen-bond donors (Lipinski definition) is 1. The van der Waals surface area contributed by atoms with Gasteiger partial charge < -0.3 is 10.2 Å². The van der Waals surface area contributed by atoms with Crippen molar-refractivity contribution in [2.45, 2.75) is 19.3 Å². The molecule has 1 fully saturated rings. The molecule has 1 amide bonds. The zero-order valence-corrected chi connectivity index (χ0v) is 10.5. The Morgan fingerprint density at radius 3 is 2.82 bits per heavy atom. The molecular weight excluding hydrogens is 236 g/mol. The number of rotatable bonds is 4. The van der Waals surface area contributed by atoms with Crippen molar-refractivity contribution in [2.75, 3.05) is 25.0 Å². The maximum Gasteiger partial charge on any atom is 0.224 e. The average Bonchev–Trinajstić information content (AvgIpc) is 2.82. The van der Waals surface area contributed by atoms with Gasteiger partial charge in [-0.2, -0.15) is 0 Å². The molecule has 0 spiro atoms. The molecule has 1 aliphatic heterocycles. The number of halogens is 1. The van der Waals surface area contributed by atoms with Gasteiger partial charge in [0.1, 0.15) is 0 Å². The van der Waals surface area contributed by atoms with Gasteiger partial charge in [0.15, 0.2) is 0 Å². The first-order valence-electron chi connectivity index (χ1n) is 6.03. The summed E-state index contributed by atoms with van der Waals surface area (Å²) in [4.78, 5) is 13.7. The van der Waals surface area contributed by atoms with Gasteiger partial charge in [0.05, 0.1) is 0 Å². The van der Waals surface area contributed by atoms with Crippen LogP contribution in [0.5, 0.6) is 0 Å². The highest BCUT2D eigenvalue weighted by Crippen LogP contribution is 2.15. The number of benzene rings is 1. The number of likely N-dealkylation sites (tertiary alicyclic amines) is 1. The van der Waals surface area contributed by atoms with Crippen LogP contribution in [0.25, 0.3) is 0 Å². The van der Waals surface area contributed by atoms with E-state index in [1.807, 2.05) is 29.2 Å². The number of nitrogens with one attached hydrogen (secondary N) is 1. The summed E-state index contributed by atoms with van der Waals surface area (Å²) in [5.41, 5.74) is 0.965. The number of carbonyl (C=O) groups excluding carboxylic acids is 1. The third-order valence-corrected chi connectivity index (χ3v) is 3.19. The predicted octanol–water partition coefficient (Wildman–Crippen LogP) is 2.76. The molecule has 0 aliphatic carbocycles. The van der Waals surface area contributed by atoms with Gasteiger partial charge in [-0.15, -0.1) is 0 Å². The van der Waals surface area contributed by atoms with Crippen molar-refractivity contribution in [3.8, 4) is 0 Å². The highest BCUT2D eigenvalue weighted by molar-refractivity contribution is 6.30. The summed E-state index contributed by atoms with van der Waals surface area (Å²) in [5.74, 6) is 0.247. The molecule has 1 aromatic carbocycles. The molecule has 0 aromatic heterocycles. The number of hydrogen-bond acceptors (Lipinski definition) is 2. The molecule has 1 aromatic rings. The van der Waals surface area contributed by atoms with Crippen LogP contribution in [0.4, 0.5) is 5.69 Å². The summed E-state index contributed by atoms with van der Waals surface area (Å²) in [6, 6.07) is 7.54. The smallest absolute Gasteiger partial charge is 0.224 e. The van der Waals surface area contributed by atoms with Gasteiger partial charge in [-0.25, -0.2) is 0 Å². The van der Waals surface area contributed by atoms with Crippen LogP contribution in [-0.4, -0.2) is 30.4 Å². The van der Waals surface area contributed by atoms with Crippen LogP contribution in [0.1, 0.15) is 19.3 Å². The molecule has 0 atom stereocenters. The summed E-state index contributed by atoms with van der Waals surface area (Å²) < 4.78 is 0. The fourth-order valence-electron chi connectivity index (χ4n) is 2.04. The van der Waals surface area contributed by atoms with Gasteiger partial charge in [0, 0.05) is 36.8 Å². The van der Waals surface area contributed by atoms with Gasteiger partial charge in [0.25, 0.3) is 0 Å². The maximum absolute atomic E-state index is 11.8. The fourth-order valence-corrected chi connectivity index (χ4v) is 2.23. The second kappa shape index (κ2) is 5.92. The molecule has 0 unspecified atom stereocenters. The van der Waals surface area contributed by atoms with Gasteiger partial charge in [-0.3, -0.25) is 4.79 Å². The first-order chi connectivity index (χ1) is 8.25. The van der Waals surface area contributed by atoms with Gasteiger partial charge in [-0.05, 0) is 31.0 Å². The molecule has 2 rings (SSSR count). The Hall–Kier alpha value is -1.22. The summed E-state index contributed by atoms with van der Waals surface area (Å²) in [6.45, 7) is 2.52. The molecule has 0 saturated carbocycles. The minimum atomic E-state index is 0.247. The van der Waals surface area contributed by atoms with Crippen LogP contribution in [-0.2, 0) is 4.79 Å². The number of amides is 1. The Morgan fingerprint density at radius 1 is 1.35 bits per heavy atom. The molecule has 92 valence electrons. The van der Waals surface area contributed by atoms with Crippen LogP contribution < -0.4 is 5.32 Å². The Kier molecular flexibility index (Phi) is 4.26. The lowest BCUT2D eigenvalue weighted by Gasteiger charge is -2.15. The lowest BCUT2D eigenvalue weighted by Crippen LogP contribution is -2.29. The zero-order valence-electron chi connectivity index (χ0n) is 9.79. The molecular formula is C13H17ClN2O. The van der Waals surface area contributed by atoms with E-state index in [1.54, 1.807) is 0 Å². The molecule has 0 radical (unpaired) electrons. The summed E-state index contributed by atoms with van der Waals surface area (Å²) in [6.07, 6.45) is 2.84. The van der Waals surface area contributed by atoms with E-state index in [1.165, 1.54) is 0 Å². The highest BCUT2D eigenvalue weighted by atomic mass is 35.5. The molecule has 1 aliphatic rings. The number of anilines is 1. The van der Waals surface area contributed by atoms with Crippen molar-refractivity contribution in [3.63, 3.8) is 0 Å². The summed E-state index contributed by atoms with van der Waals surface area (Å²) in [5, 5.41) is 3.92. The molecule has 17 heavy (non-hydrogen) atoms. The van der Waals surface area contributed by atoms with Gasteiger partial charge in [-0.1, -0.05) is 17.7 Å². The van der Waals surface area contributed by atoms with Crippen LogP contribution in [0.3, 0.4) is 0 Å². The van der Waals surface area contributed by atoms with Crippen LogP contribution in [0.15, 0.2) is 24.3 Å². The Labute approximate surface area is 107 Å². The predicted molar refractivity (Wildman–Crippen MR) is 70.4 cm³/mol. The van der Waals surface area contributed by atoms with E-state index in [0.717, 1.165) is 31.6 Å². The van der Waals surface area contributed by atoms with E-state index in [0.29, 0.717) is 18.0 Å². The van der Waals surface area contributed by atoms with Crippen LogP contribution in [0.2, 0.25) is 5.02 Å². The fraction of sp³-hybridized carbons (Fsp3) is 0.462. The highest BCUT2D eigenvalue weighted by Gasteiger charge is 2.16. The van der Waals surface area contributed by atoms with Gasteiger partial charge in [0.2, 0.25) is 5.91 Å². The van der Waals surface area contributed by atoms with Crippen molar-refractivity contribution in [1.29, 1.82) is 0 Å². The zero-order chi connectivity index (χ0) is 12.1. The molecule has 1 N–H and O–H groups in total. The lowest BCUT2D eigenvalue weighted by molar-refractivity contribution is -0.129. The van der Waals surface area contributed by atoms with Crippen molar-refractivity contribution >= 4 is 23.2 Å². The minimum Gasteiger partial charge on any atom is -0.384 e. The van der Waals surface area contributed by atoms with E-state index >= 15 is 0 Å². The summed E-state index contributed by atoms with van der Waals surface area (Å²) >= 11 is 5.87. The Morgan fingerprint density at radius 2 is 2.12 bits per heavy atom. The maximum atomic E-state index is 11.8. The second-order valence-corrected chi connectivity index (χ2v) is 4.71. The average molecular weight is 253 g/mol. The van der Waals surface area contributed by atoms with Gasteiger partial charge >= 0.3 is 0 Å². The van der Waals surface area contributed by atoms with Crippen molar-refractivity contribution in [3.05, 3.63) is 29.3 Å². The van der Waals surface area contributed by atoms with E-state index in [-0.39, 0.29) is 5.91 Å².